The first-order valence-electron chi connectivity index (χ1n) is 12.2. The number of rotatable bonds is 8. The van der Waals surface area contributed by atoms with Crippen molar-refractivity contribution in [2.24, 2.45) is 0 Å². The van der Waals surface area contributed by atoms with Gasteiger partial charge in [-0.3, -0.25) is 14.2 Å². The number of fused-ring (bicyclic) bond motifs is 1. The Morgan fingerprint density at radius 2 is 1.49 bits per heavy atom. The van der Waals surface area contributed by atoms with Crippen LogP contribution >= 0.6 is 0 Å². The van der Waals surface area contributed by atoms with Crippen molar-refractivity contribution in [3.63, 3.8) is 0 Å². The largest absolute Gasteiger partial charge is 0.495 e. The van der Waals surface area contributed by atoms with Crippen molar-refractivity contribution in [1.29, 1.82) is 0 Å². The third kappa shape index (κ3) is 5.00. The molecular formula is C31H27N3O3. The van der Waals surface area contributed by atoms with Crippen LogP contribution in [0.2, 0.25) is 0 Å². The fraction of sp³-hybridized carbons (Fsp3) is 0.129. The minimum atomic E-state index is -0.127. The van der Waals surface area contributed by atoms with Crippen LogP contribution in [0.15, 0.2) is 114 Å². The van der Waals surface area contributed by atoms with Crippen LogP contribution in [0.4, 0.5) is 5.69 Å². The zero-order chi connectivity index (χ0) is 25.6. The van der Waals surface area contributed by atoms with Crippen LogP contribution in [0.3, 0.4) is 0 Å². The third-order valence-corrected chi connectivity index (χ3v) is 6.30. The number of methoxy groups -OCH3 is 1. The lowest BCUT2D eigenvalue weighted by Crippen LogP contribution is -2.33. The standard InChI is InChI=1S/C31H27N3O3/c1-37-28-20-11-10-19-27(28)33(30(35)24-15-6-3-7-16-24)21-12-22-34-29(23-13-4-2-5-14-23)32-26-18-9-8-17-25(26)31(34)36/h2-11,13-20H,12,21-22H2,1H3. The van der Waals surface area contributed by atoms with Gasteiger partial charge in [0.1, 0.15) is 11.6 Å². The van der Waals surface area contributed by atoms with Crippen molar-refractivity contribution in [3.8, 4) is 17.1 Å². The molecule has 0 aliphatic heterocycles. The molecule has 1 aromatic heterocycles. The molecule has 4 aromatic carbocycles. The molecule has 37 heavy (non-hydrogen) atoms. The monoisotopic (exact) mass is 489 g/mol. The molecule has 1 amide bonds. The van der Waals surface area contributed by atoms with E-state index in [2.05, 4.69) is 0 Å². The second-order valence-electron chi connectivity index (χ2n) is 8.62. The molecule has 0 fully saturated rings. The Morgan fingerprint density at radius 3 is 2.24 bits per heavy atom. The fourth-order valence-electron chi connectivity index (χ4n) is 4.49. The first-order chi connectivity index (χ1) is 18.2. The molecule has 1 heterocycles. The first-order valence-corrected chi connectivity index (χ1v) is 12.2. The lowest BCUT2D eigenvalue weighted by Gasteiger charge is -2.25. The molecule has 5 rings (SSSR count). The highest BCUT2D eigenvalue weighted by Gasteiger charge is 2.21. The number of ether oxygens (including phenoxy) is 1. The van der Waals surface area contributed by atoms with Gasteiger partial charge in [-0.15, -0.1) is 0 Å². The van der Waals surface area contributed by atoms with Crippen LogP contribution in [0.25, 0.3) is 22.3 Å². The number of para-hydroxylation sites is 3. The van der Waals surface area contributed by atoms with E-state index in [1.165, 1.54) is 0 Å². The van der Waals surface area contributed by atoms with Crippen molar-refractivity contribution in [2.75, 3.05) is 18.6 Å². The zero-order valence-electron chi connectivity index (χ0n) is 20.6. The van der Waals surface area contributed by atoms with E-state index in [0.29, 0.717) is 53.2 Å². The number of nitrogens with zero attached hydrogens (tertiary/aromatic N) is 3. The van der Waals surface area contributed by atoms with Gasteiger partial charge in [0.2, 0.25) is 0 Å². The Bertz CT molecular complexity index is 1580. The number of carbonyl (C=O) groups excluding carboxylic acids is 1. The summed E-state index contributed by atoms with van der Waals surface area (Å²) in [6.45, 7) is 0.788. The maximum absolute atomic E-state index is 13.6. The molecule has 0 spiro atoms. The lowest BCUT2D eigenvalue weighted by atomic mass is 10.1. The molecule has 0 bridgehead atoms. The van der Waals surface area contributed by atoms with Crippen molar-refractivity contribution in [3.05, 3.63) is 125 Å². The molecule has 0 saturated heterocycles. The van der Waals surface area contributed by atoms with E-state index in [9.17, 15) is 9.59 Å². The molecule has 6 heteroatoms. The molecule has 0 radical (unpaired) electrons. The first kappa shape index (κ1) is 24.0. The second kappa shape index (κ2) is 10.9. The maximum atomic E-state index is 13.6. The summed E-state index contributed by atoms with van der Waals surface area (Å²) in [7, 11) is 1.59. The Balaban J connectivity index is 1.50. The van der Waals surface area contributed by atoms with Crippen LogP contribution < -0.4 is 15.2 Å². The highest BCUT2D eigenvalue weighted by Crippen LogP contribution is 2.29. The van der Waals surface area contributed by atoms with Crippen molar-refractivity contribution >= 4 is 22.5 Å². The summed E-state index contributed by atoms with van der Waals surface area (Å²) >= 11 is 0. The van der Waals surface area contributed by atoms with E-state index >= 15 is 0 Å². The Kier molecular flexibility index (Phi) is 7.08. The molecule has 6 nitrogen and oxygen atoms in total. The van der Waals surface area contributed by atoms with E-state index < -0.39 is 0 Å². The summed E-state index contributed by atoms with van der Waals surface area (Å²) in [6, 6.07) is 33.7. The van der Waals surface area contributed by atoms with Gasteiger partial charge >= 0.3 is 0 Å². The predicted molar refractivity (Wildman–Crippen MR) is 147 cm³/mol. The van der Waals surface area contributed by atoms with Crippen molar-refractivity contribution in [2.45, 2.75) is 13.0 Å². The average Bonchev–Trinajstić information content (AvgIpc) is 2.97. The number of benzene rings is 4. The van der Waals surface area contributed by atoms with E-state index in [1.54, 1.807) is 34.8 Å². The molecule has 0 atom stereocenters. The van der Waals surface area contributed by atoms with Gasteiger partial charge in [0.25, 0.3) is 11.5 Å². The fourth-order valence-corrected chi connectivity index (χ4v) is 4.49. The summed E-state index contributed by atoms with van der Waals surface area (Å²) in [5.74, 6) is 1.10. The highest BCUT2D eigenvalue weighted by atomic mass is 16.5. The Labute approximate surface area is 215 Å². The van der Waals surface area contributed by atoms with E-state index in [1.807, 2.05) is 91.0 Å². The lowest BCUT2D eigenvalue weighted by molar-refractivity contribution is 0.0985. The topological polar surface area (TPSA) is 64.4 Å². The summed E-state index contributed by atoms with van der Waals surface area (Å²) in [6.07, 6.45) is 0.538. The highest BCUT2D eigenvalue weighted by molar-refractivity contribution is 6.06. The second-order valence-corrected chi connectivity index (χ2v) is 8.62. The van der Waals surface area contributed by atoms with Gasteiger partial charge in [-0.25, -0.2) is 4.98 Å². The summed E-state index contributed by atoms with van der Waals surface area (Å²) in [5, 5.41) is 0.573. The zero-order valence-corrected chi connectivity index (χ0v) is 20.6. The Morgan fingerprint density at radius 1 is 0.838 bits per heavy atom. The molecule has 5 aromatic rings. The van der Waals surface area contributed by atoms with Gasteiger partial charge in [0.15, 0.2) is 0 Å². The van der Waals surface area contributed by atoms with Gasteiger partial charge < -0.3 is 9.64 Å². The number of amides is 1. The minimum absolute atomic E-state index is 0.0947. The number of aromatic nitrogens is 2. The molecule has 184 valence electrons. The molecule has 0 aliphatic rings. The van der Waals surface area contributed by atoms with Crippen LogP contribution in [0.5, 0.6) is 5.75 Å². The van der Waals surface area contributed by atoms with E-state index in [-0.39, 0.29) is 11.5 Å². The molecular weight excluding hydrogens is 462 g/mol. The van der Waals surface area contributed by atoms with E-state index in [4.69, 9.17) is 9.72 Å². The predicted octanol–water partition coefficient (Wildman–Crippen LogP) is 5.81. The van der Waals surface area contributed by atoms with Gasteiger partial charge in [0, 0.05) is 24.2 Å². The van der Waals surface area contributed by atoms with Crippen LogP contribution in [-0.2, 0) is 6.54 Å². The molecule has 0 unspecified atom stereocenters. The summed E-state index contributed by atoms with van der Waals surface area (Å²) in [5.41, 5.74) is 2.71. The van der Waals surface area contributed by atoms with Crippen molar-refractivity contribution < 1.29 is 9.53 Å². The van der Waals surface area contributed by atoms with Crippen LogP contribution in [0, 0.1) is 0 Å². The number of anilines is 1. The minimum Gasteiger partial charge on any atom is -0.495 e. The quantitative estimate of drug-likeness (QED) is 0.276. The molecule has 0 N–H and O–H groups in total. The molecule has 0 aliphatic carbocycles. The number of hydrogen-bond acceptors (Lipinski definition) is 4. The number of carbonyl (C=O) groups is 1. The van der Waals surface area contributed by atoms with Crippen LogP contribution in [-0.4, -0.2) is 29.1 Å². The number of hydrogen-bond donors (Lipinski definition) is 0. The average molecular weight is 490 g/mol. The molecule has 0 saturated carbocycles. The van der Waals surface area contributed by atoms with Gasteiger partial charge in [-0.2, -0.15) is 0 Å². The third-order valence-electron chi connectivity index (χ3n) is 6.30. The van der Waals surface area contributed by atoms with Crippen LogP contribution in [0.1, 0.15) is 16.8 Å². The van der Waals surface area contributed by atoms with E-state index in [0.717, 1.165) is 5.56 Å². The maximum Gasteiger partial charge on any atom is 0.261 e. The van der Waals surface area contributed by atoms with Gasteiger partial charge in [-0.05, 0) is 42.8 Å². The van der Waals surface area contributed by atoms with Crippen molar-refractivity contribution in [1.82, 2.24) is 9.55 Å². The Hall–Kier alpha value is -4.71. The SMILES string of the molecule is COc1ccccc1N(CCCn1c(-c2ccccc2)nc2ccccc2c1=O)C(=O)c1ccccc1. The van der Waals surface area contributed by atoms with Gasteiger partial charge in [-0.1, -0.05) is 72.8 Å². The smallest absolute Gasteiger partial charge is 0.261 e. The summed E-state index contributed by atoms with van der Waals surface area (Å²) in [4.78, 5) is 33.7. The summed E-state index contributed by atoms with van der Waals surface area (Å²) < 4.78 is 7.28. The van der Waals surface area contributed by atoms with Gasteiger partial charge in [0.05, 0.1) is 23.7 Å². The normalized spacial score (nSPS) is 10.8.